The van der Waals surface area contributed by atoms with Crippen LogP contribution in [0.25, 0.3) is 10.9 Å². The summed E-state index contributed by atoms with van der Waals surface area (Å²) < 4.78 is 0. The Morgan fingerprint density at radius 2 is 2.14 bits per heavy atom. The maximum absolute atomic E-state index is 11.8. The zero-order chi connectivity index (χ0) is 15.0. The lowest BCUT2D eigenvalue weighted by molar-refractivity contribution is 0.167. The predicted molar refractivity (Wildman–Crippen MR) is 86.1 cm³/mol. The van der Waals surface area contributed by atoms with Crippen molar-refractivity contribution in [1.29, 1.82) is 0 Å². The number of carbonyl (C=O) groups excluding carboxylic acids is 1. The number of aromatic nitrogens is 1. The molecule has 1 fully saturated rings. The third kappa shape index (κ3) is 2.70. The molecule has 21 heavy (non-hydrogen) atoms. The molecule has 2 amide bonds. The van der Waals surface area contributed by atoms with E-state index in [2.05, 4.69) is 17.2 Å². The third-order valence-electron chi connectivity index (χ3n) is 3.91. The lowest BCUT2D eigenvalue weighted by Crippen LogP contribution is -2.47. The van der Waals surface area contributed by atoms with Crippen molar-refractivity contribution in [1.82, 2.24) is 15.2 Å². The number of aryl methyl sites for hydroxylation is 1. The number of benzene rings is 1. The number of nitrogens with zero attached hydrogens (tertiary/aromatic N) is 1. The number of fused-ring (bicyclic) bond motifs is 1. The third-order valence-corrected chi connectivity index (χ3v) is 4.70. The van der Waals surface area contributed by atoms with Crippen molar-refractivity contribution in [3.05, 3.63) is 33.4 Å². The topological polar surface area (TPSA) is 48.1 Å². The number of nitrogens with one attached hydrogen (secondary N) is 2. The highest BCUT2D eigenvalue weighted by molar-refractivity contribution is 6.37. The summed E-state index contributed by atoms with van der Waals surface area (Å²) in [6.45, 7) is 4.12. The van der Waals surface area contributed by atoms with Gasteiger partial charge in [-0.1, -0.05) is 30.1 Å². The van der Waals surface area contributed by atoms with Crippen molar-refractivity contribution in [3.8, 4) is 0 Å². The van der Waals surface area contributed by atoms with Crippen LogP contribution in [0.2, 0.25) is 10.0 Å². The van der Waals surface area contributed by atoms with E-state index in [1.165, 1.54) is 0 Å². The first kappa shape index (κ1) is 14.5. The van der Waals surface area contributed by atoms with E-state index >= 15 is 0 Å². The minimum Gasteiger partial charge on any atom is -0.356 e. The maximum Gasteiger partial charge on any atom is 0.317 e. The molecule has 2 aromatic rings. The van der Waals surface area contributed by atoms with Gasteiger partial charge in [-0.25, -0.2) is 4.79 Å². The average molecular weight is 326 g/mol. The number of carbonyl (C=O) groups is 1. The lowest BCUT2D eigenvalue weighted by Gasteiger charge is -2.30. The van der Waals surface area contributed by atoms with Gasteiger partial charge in [-0.3, -0.25) is 0 Å². The number of hydrogen-bond acceptors (Lipinski definition) is 1. The number of urea groups is 1. The van der Waals surface area contributed by atoms with Crippen molar-refractivity contribution < 1.29 is 4.79 Å². The van der Waals surface area contributed by atoms with Gasteiger partial charge in [0.2, 0.25) is 0 Å². The molecule has 0 unspecified atom stereocenters. The van der Waals surface area contributed by atoms with Gasteiger partial charge in [-0.05, 0) is 30.5 Å². The Hall–Kier alpha value is -1.39. The Labute approximate surface area is 133 Å². The van der Waals surface area contributed by atoms with E-state index < -0.39 is 0 Å². The first-order valence-electron chi connectivity index (χ1n) is 7.11. The van der Waals surface area contributed by atoms with Crippen LogP contribution in [0.3, 0.4) is 0 Å². The Kier molecular flexibility index (Phi) is 4.00. The van der Waals surface area contributed by atoms with Crippen LogP contribution in [0.1, 0.15) is 24.6 Å². The fraction of sp³-hybridized carbons (Fsp3) is 0.400. The molecule has 0 aliphatic carbocycles. The van der Waals surface area contributed by atoms with E-state index in [-0.39, 0.29) is 6.03 Å². The van der Waals surface area contributed by atoms with E-state index in [1.54, 1.807) is 4.90 Å². The SMILES string of the molecule is CCc1cc2[nH]c(CNC(=O)N3CCC3)c(Cl)c2cc1Cl. The molecule has 0 saturated carbocycles. The first-order valence-corrected chi connectivity index (χ1v) is 7.87. The average Bonchev–Trinajstić information content (AvgIpc) is 2.70. The predicted octanol–water partition coefficient (Wildman–Crippen LogP) is 3.95. The highest BCUT2D eigenvalue weighted by atomic mass is 35.5. The number of H-pyrrole nitrogens is 1. The van der Waals surface area contributed by atoms with Gasteiger partial charge in [0.05, 0.1) is 17.3 Å². The molecule has 0 bridgehead atoms. The van der Waals surface area contributed by atoms with Crippen molar-refractivity contribution in [2.75, 3.05) is 13.1 Å². The zero-order valence-electron chi connectivity index (χ0n) is 11.8. The Morgan fingerprint density at radius 1 is 1.38 bits per heavy atom. The number of rotatable bonds is 3. The summed E-state index contributed by atoms with van der Waals surface area (Å²) in [5.74, 6) is 0. The molecular formula is C15H17Cl2N3O. The molecule has 1 aromatic carbocycles. The Morgan fingerprint density at radius 3 is 2.76 bits per heavy atom. The minimum atomic E-state index is -0.0387. The molecule has 2 N–H and O–H groups in total. The first-order chi connectivity index (χ1) is 10.1. The van der Waals surface area contributed by atoms with E-state index in [9.17, 15) is 4.79 Å². The van der Waals surface area contributed by atoms with Gasteiger partial charge >= 0.3 is 6.03 Å². The number of hydrogen-bond donors (Lipinski definition) is 2. The molecule has 4 nitrogen and oxygen atoms in total. The normalized spacial score (nSPS) is 14.3. The number of amides is 2. The fourth-order valence-electron chi connectivity index (χ4n) is 2.47. The number of aromatic amines is 1. The molecule has 6 heteroatoms. The van der Waals surface area contributed by atoms with Crippen LogP contribution in [0.15, 0.2) is 12.1 Å². The van der Waals surface area contributed by atoms with Gasteiger partial charge in [0.25, 0.3) is 0 Å². The van der Waals surface area contributed by atoms with Crippen LogP contribution in [0.4, 0.5) is 4.79 Å². The minimum absolute atomic E-state index is 0.0387. The van der Waals surface area contributed by atoms with E-state index in [4.69, 9.17) is 23.2 Å². The van der Waals surface area contributed by atoms with Gasteiger partial charge < -0.3 is 15.2 Å². The summed E-state index contributed by atoms with van der Waals surface area (Å²) in [4.78, 5) is 16.9. The van der Waals surface area contributed by atoms with Crippen molar-refractivity contribution in [2.45, 2.75) is 26.3 Å². The van der Waals surface area contributed by atoms with E-state index in [0.717, 1.165) is 53.1 Å². The summed E-state index contributed by atoms with van der Waals surface area (Å²) in [6.07, 6.45) is 1.95. The molecule has 1 aromatic heterocycles. The van der Waals surface area contributed by atoms with E-state index in [0.29, 0.717) is 11.6 Å². The smallest absolute Gasteiger partial charge is 0.317 e. The van der Waals surface area contributed by atoms with Gasteiger partial charge in [0.15, 0.2) is 0 Å². The Balaban J connectivity index is 1.82. The largest absolute Gasteiger partial charge is 0.356 e. The molecule has 0 spiro atoms. The molecule has 0 atom stereocenters. The summed E-state index contributed by atoms with van der Waals surface area (Å²) in [5.41, 5.74) is 2.84. The molecule has 3 rings (SSSR count). The zero-order valence-corrected chi connectivity index (χ0v) is 13.3. The summed E-state index contributed by atoms with van der Waals surface area (Å²) in [7, 11) is 0. The van der Waals surface area contributed by atoms with E-state index in [1.807, 2.05) is 12.1 Å². The number of likely N-dealkylation sites (tertiary alicyclic amines) is 1. The molecule has 0 radical (unpaired) electrons. The maximum atomic E-state index is 11.8. The molecule has 1 saturated heterocycles. The van der Waals surface area contributed by atoms with Crippen LogP contribution < -0.4 is 5.32 Å². The monoisotopic (exact) mass is 325 g/mol. The standard InChI is InChI=1S/C15H17Cl2N3O/c1-2-9-6-12-10(7-11(9)16)14(17)13(19-12)8-18-15(21)20-4-3-5-20/h6-7,19H,2-5,8H2,1H3,(H,18,21). The highest BCUT2D eigenvalue weighted by Gasteiger charge is 2.20. The summed E-state index contributed by atoms with van der Waals surface area (Å²) in [6, 6.07) is 3.86. The Bertz CT molecular complexity index is 692. The quantitative estimate of drug-likeness (QED) is 0.881. The van der Waals surface area contributed by atoms with Crippen molar-refractivity contribution >= 4 is 40.1 Å². The number of halogens is 2. The van der Waals surface area contributed by atoms with Gasteiger partial charge in [-0.15, -0.1) is 0 Å². The molecule has 2 heterocycles. The van der Waals surface area contributed by atoms with Crippen LogP contribution >= 0.6 is 23.2 Å². The van der Waals surface area contributed by atoms with Crippen LogP contribution in [-0.4, -0.2) is 29.0 Å². The van der Waals surface area contributed by atoms with Gasteiger partial charge in [0.1, 0.15) is 0 Å². The molecule has 1 aliphatic heterocycles. The molecule has 112 valence electrons. The highest BCUT2D eigenvalue weighted by Crippen LogP contribution is 2.32. The fourth-order valence-corrected chi connectivity index (χ4v) is 3.04. The molecule has 1 aliphatic rings. The van der Waals surface area contributed by atoms with Crippen LogP contribution in [0.5, 0.6) is 0 Å². The lowest BCUT2D eigenvalue weighted by atomic mass is 10.1. The van der Waals surface area contributed by atoms with Crippen molar-refractivity contribution in [2.24, 2.45) is 0 Å². The summed E-state index contributed by atoms with van der Waals surface area (Å²) >= 11 is 12.6. The second-order valence-electron chi connectivity index (χ2n) is 5.26. The van der Waals surface area contributed by atoms with Gasteiger partial charge in [0, 0.05) is 29.0 Å². The van der Waals surface area contributed by atoms with Crippen LogP contribution in [-0.2, 0) is 13.0 Å². The van der Waals surface area contributed by atoms with Crippen LogP contribution in [0, 0.1) is 0 Å². The second kappa shape index (κ2) is 5.78. The van der Waals surface area contributed by atoms with Gasteiger partial charge in [-0.2, -0.15) is 0 Å². The van der Waals surface area contributed by atoms with Crippen molar-refractivity contribution in [3.63, 3.8) is 0 Å². The molecular weight excluding hydrogens is 309 g/mol. The second-order valence-corrected chi connectivity index (χ2v) is 6.04. The summed E-state index contributed by atoms with van der Waals surface area (Å²) in [5, 5.41) is 5.13.